The quantitative estimate of drug-likeness (QED) is 0.166. The van der Waals surface area contributed by atoms with Crippen LogP contribution in [0.4, 0.5) is 4.79 Å². The summed E-state index contributed by atoms with van der Waals surface area (Å²) in [6.07, 6.45) is 19.0. The first-order valence-corrected chi connectivity index (χ1v) is 12.9. The Morgan fingerprint density at radius 3 is 1.48 bits per heavy atom. The Morgan fingerprint density at radius 1 is 0.677 bits per heavy atom. The fourth-order valence-electron chi connectivity index (χ4n) is 3.65. The predicted molar refractivity (Wildman–Crippen MR) is 129 cm³/mol. The van der Waals surface area contributed by atoms with E-state index in [2.05, 4.69) is 12.2 Å². The molecule has 184 valence electrons. The average molecular weight is 442 g/mol. The molecule has 0 saturated carbocycles. The van der Waals surface area contributed by atoms with Crippen LogP contribution in [0.5, 0.6) is 0 Å². The third-order valence-corrected chi connectivity index (χ3v) is 5.63. The summed E-state index contributed by atoms with van der Waals surface area (Å²) in [5.41, 5.74) is -0.432. The van der Waals surface area contributed by atoms with Crippen molar-refractivity contribution in [2.24, 2.45) is 5.41 Å². The predicted octanol–water partition coefficient (Wildman–Crippen LogP) is 7.56. The van der Waals surface area contributed by atoms with Gasteiger partial charge in [0.05, 0.1) is 13.2 Å². The summed E-state index contributed by atoms with van der Waals surface area (Å²) in [7, 11) is 0. The third kappa shape index (κ3) is 18.1. The van der Waals surface area contributed by atoms with E-state index in [4.69, 9.17) is 9.47 Å². The molecule has 0 aliphatic carbocycles. The molecule has 0 fully saturated rings. The maximum Gasteiger partial charge on any atom is 0.407 e. The number of nitrogens with one attached hydrogen (secondary N) is 1. The minimum atomic E-state index is -0.706. The van der Waals surface area contributed by atoms with Crippen molar-refractivity contribution in [3.63, 3.8) is 0 Å². The van der Waals surface area contributed by atoms with Crippen LogP contribution in [0, 0.1) is 5.41 Å². The first kappa shape index (κ1) is 29.7. The van der Waals surface area contributed by atoms with Gasteiger partial charge in [0.25, 0.3) is 0 Å². The molecule has 0 aromatic heterocycles. The van der Waals surface area contributed by atoms with E-state index in [1.165, 1.54) is 83.5 Å². The molecule has 1 unspecified atom stereocenters. The lowest BCUT2D eigenvalue weighted by Crippen LogP contribution is -2.50. The summed E-state index contributed by atoms with van der Waals surface area (Å²) < 4.78 is 10.3. The van der Waals surface area contributed by atoms with Gasteiger partial charge in [0.2, 0.25) is 0 Å². The van der Waals surface area contributed by atoms with Crippen LogP contribution in [-0.4, -0.2) is 31.3 Å². The van der Waals surface area contributed by atoms with Crippen molar-refractivity contribution in [3.8, 4) is 0 Å². The maximum absolute atomic E-state index is 12.4. The molecule has 1 N–H and O–H groups in total. The number of unbranched alkanes of at least 4 members (excludes halogenated alkanes) is 14. The highest BCUT2D eigenvalue weighted by Gasteiger charge is 2.34. The molecule has 0 bridgehead atoms. The molecule has 0 aromatic carbocycles. The SMILES string of the molecule is CCCCCCCCCCCCCCCCCOC(=O)C(NC(=O)OCC)C(C)(C)C. The van der Waals surface area contributed by atoms with Crippen molar-refractivity contribution in [1.29, 1.82) is 0 Å². The van der Waals surface area contributed by atoms with E-state index < -0.39 is 17.6 Å². The topological polar surface area (TPSA) is 64.6 Å². The Bertz CT molecular complexity index is 445. The molecule has 0 aromatic rings. The number of amides is 1. The second-order valence-electron chi connectivity index (χ2n) is 9.78. The molecule has 0 rings (SSSR count). The van der Waals surface area contributed by atoms with E-state index in [1.54, 1.807) is 6.92 Å². The number of esters is 1. The summed E-state index contributed by atoms with van der Waals surface area (Å²) in [4.78, 5) is 24.1. The normalized spacial score (nSPS) is 12.4. The van der Waals surface area contributed by atoms with Crippen molar-refractivity contribution >= 4 is 12.1 Å². The number of carbonyl (C=O) groups excluding carboxylic acids is 2. The minimum Gasteiger partial charge on any atom is -0.464 e. The van der Waals surface area contributed by atoms with Crippen molar-refractivity contribution in [2.45, 2.75) is 137 Å². The molecule has 0 saturated heterocycles. The van der Waals surface area contributed by atoms with Crippen molar-refractivity contribution in [2.75, 3.05) is 13.2 Å². The number of carbonyl (C=O) groups is 2. The van der Waals surface area contributed by atoms with Gasteiger partial charge in [-0.2, -0.15) is 0 Å². The Morgan fingerprint density at radius 2 is 1.10 bits per heavy atom. The molecule has 0 radical (unpaired) electrons. The largest absolute Gasteiger partial charge is 0.464 e. The highest BCUT2D eigenvalue weighted by Crippen LogP contribution is 2.21. The van der Waals surface area contributed by atoms with Gasteiger partial charge in [-0.05, 0) is 18.8 Å². The van der Waals surface area contributed by atoms with E-state index in [0.29, 0.717) is 6.61 Å². The highest BCUT2D eigenvalue weighted by molar-refractivity contribution is 5.82. The zero-order valence-electron chi connectivity index (χ0n) is 21.2. The lowest BCUT2D eigenvalue weighted by atomic mass is 9.87. The zero-order valence-corrected chi connectivity index (χ0v) is 21.2. The van der Waals surface area contributed by atoms with Crippen LogP contribution in [0.15, 0.2) is 0 Å². The van der Waals surface area contributed by atoms with E-state index in [0.717, 1.165) is 12.8 Å². The lowest BCUT2D eigenvalue weighted by molar-refractivity contribution is -0.149. The first-order valence-electron chi connectivity index (χ1n) is 12.9. The standard InChI is InChI=1S/C26H51NO4/c1-6-8-9-10-11-12-13-14-15-16-17-18-19-20-21-22-31-24(28)23(26(3,4)5)27-25(29)30-7-2/h23H,6-22H2,1-5H3,(H,27,29). The van der Waals surface area contributed by atoms with Gasteiger partial charge >= 0.3 is 12.1 Å². The monoisotopic (exact) mass is 441 g/mol. The van der Waals surface area contributed by atoms with E-state index in [1.807, 2.05) is 20.8 Å². The average Bonchev–Trinajstić information content (AvgIpc) is 2.71. The molecule has 5 nitrogen and oxygen atoms in total. The summed E-state index contributed by atoms with van der Waals surface area (Å²) in [6.45, 7) is 10.4. The fourth-order valence-corrected chi connectivity index (χ4v) is 3.65. The molecule has 0 spiro atoms. The van der Waals surface area contributed by atoms with Gasteiger partial charge < -0.3 is 14.8 Å². The van der Waals surface area contributed by atoms with Crippen LogP contribution in [0.3, 0.4) is 0 Å². The number of rotatable bonds is 19. The van der Waals surface area contributed by atoms with Gasteiger partial charge in [0, 0.05) is 0 Å². The smallest absolute Gasteiger partial charge is 0.407 e. The second kappa shape index (κ2) is 19.4. The van der Waals surface area contributed by atoms with Gasteiger partial charge in [-0.1, -0.05) is 118 Å². The summed E-state index contributed by atoms with van der Waals surface area (Å²) in [5.74, 6) is -0.383. The molecule has 1 atom stereocenters. The second-order valence-corrected chi connectivity index (χ2v) is 9.78. The number of hydrogen-bond donors (Lipinski definition) is 1. The molecule has 5 heteroatoms. The summed E-state index contributed by atoms with van der Waals surface area (Å²) in [6, 6.07) is -0.706. The lowest BCUT2D eigenvalue weighted by Gasteiger charge is -2.29. The van der Waals surface area contributed by atoms with E-state index >= 15 is 0 Å². The highest BCUT2D eigenvalue weighted by atomic mass is 16.6. The molecule has 0 aliphatic heterocycles. The van der Waals surface area contributed by atoms with Crippen LogP contribution in [0.1, 0.15) is 131 Å². The van der Waals surface area contributed by atoms with Gasteiger partial charge in [-0.25, -0.2) is 9.59 Å². The van der Waals surface area contributed by atoms with Crippen LogP contribution < -0.4 is 5.32 Å². The fraction of sp³-hybridized carbons (Fsp3) is 0.923. The Labute approximate surface area is 192 Å². The van der Waals surface area contributed by atoms with Crippen molar-refractivity contribution < 1.29 is 19.1 Å². The van der Waals surface area contributed by atoms with Crippen LogP contribution in [0.2, 0.25) is 0 Å². The molecule has 1 amide bonds. The zero-order chi connectivity index (χ0) is 23.4. The number of alkyl carbamates (subject to hydrolysis) is 1. The summed E-state index contributed by atoms with van der Waals surface area (Å²) >= 11 is 0. The van der Waals surface area contributed by atoms with Crippen molar-refractivity contribution in [1.82, 2.24) is 5.32 Å². The van der Waals surface area contributed by atoms with Gasteiger partial charge in [-0.3, -0.25) is 0 Å². The Kier molecular flexibility index (Phi) is 18.6. The van der Waals surface area contributed by atoms with E-state index in [9.17, 15) is 9.59 Å². The van der Waals surface area contributed by atoms with E-state index in [-0.39, 0.29) is 12.6 Å². The summed E-state index contributed by atoms with van der Waals surface area (Å²) in [5, 5.41) is 2.63. The molecule has 31 heavy (non-hydrogen) atoms. The van der Waals surface area contributed by atoms with Gasteiger partial charge in [-0.15, -0.1) is 0 Å². The maximum atomic E-state index is 12.4. The minimum absolute atomic E-state index is 0.275. The van der Waals surface area contributed by atoms with Gasteiger partial charge in [0.15, 0.2) is 0 Å². The Hall–Kier alpha value is -1.26. The van der Waals surface area contributed by atoms with Crippen LogP contribution in [-0.2, 0) is 14.3 Å². The molecule has 0 heterocycles. The van der Waals surface area contributed by atoms with Crippen molar-refractivity contribution in [3.05, 3.63) is 0 Å². The van der Waals surface area contributed by atoms with Crippen LogP contribution in [0.25, 0.3) is 0 Å². The Balaban J connectivity index is 3.64. The first-order chi connectivity index (χ1) is 14.8. The van der Waals surface area contributed by atoms with Gasteiger partial charge in [0.1, 0.15) is 6.04 Å². The van der Waals surface area contributed by atoms with Crippen LogP contribution >= 0.6 is 0 Å². The molecule has 0 aliphatic rings. The number of ether oxygens (including phenoxy) is 2. The third-order valence-electron chi connectivity index (χ3n) is 5.63. The molecular formula is C26H51NO4. The molecular weight excluding hydrogens is 390 g/mol. The number of hydrogen-bond acceptors (Lipinski definition) is 4.